The molecule has 1 aliphatic heterocycles. The molecule has 1 heterocycles. The summed E-state index contributed by atoms with van der Waals surface area (Å²) in [6.07, 6.45) is -2.00. The molecule has 0 aromatic rings. The third kappa shape index (κ3) is 1.76. The number of hydrogen-bond acceptors (Lipinski definition) is 5. The van der Waals surface area contributed by atoms with Crippen molar-refractivity contribution in [3.05, 3.63) is 23.9 Å². The topological polar surface area (TPSA) is 79.2 Å². The molecular formula is C8H12O5. The van der Waals surface area contributed by atoms with E-state index in [-0.39, 0.29) is 12.4 Å². The number of hydrogen-bond donors (Lipinski definition) is 3. The largest absolute Gasteiger partial charge is 0.505 e. The molecule has 0 radical (unpaired) electrons. The molecule has 0 bridgehead atoms. The van der Waals surface area contributed by atoms with Crippen LogP contribution in [0.2, 0.25) is 0 Å². The normalized spacial score (nSPS) is 24.8. The van der Waals surface area contributed by atoms with E-state index < -0.39 is 23.7 Å². The zero-order valence-electron chi connectivity index (χ0n) is 7.23. The van der Waals surface area contributed by atoms with Crippen LogP contribution >= 0.6 is 0 Å². The minimum absolute atomic E-state index is 0.00921. The summed E-state index contributed by atoms with van der Waals surface area (Å²) in [4.78, 5) is 0. The first kappa shape index (κ1) is 9.88. The van der Waals surface area contributed by atoms with Crippen molar-refractivity contribution in [2.45, 2.75) is 12.2 Å². The van der Waals surface area contributed by atoms with Gasteiger partial charge in [0.25, 0.3) is 0 Å². The molecule has 0 saturated carbocycles. The number of aliphatic hydroxyl groups is 3. The highest BCUT2D eigenvalue weighted by Crippen LogP contribution is 2.27. The summed E-state index contributed by atoms with van der Waals surface area (Å²) >= 11 is 0. The van der Waals surface area contributed by atoms with E-state index in [9.17, 15) is 10.2 Å². The van der Waals surface area contributed by atoms with Crippen molar-refractivity contribution >= 4 is 0 Å². The molecule has 0 amide bonds. The van der Waals surface area contributed by atoms with Gasteiger partial charge in [-0.05, 0) is 0 Å². The van der Waals surface area contributed by atoms with E-state index in [0.717, 1.165) is 0 Å². The van der Waals surface area contributed by atoms with Crippen LogP contribution in [0.5, 0.6) is 0 Å². The van der Waals surface area contributed by atoms with Gasteiger partial charge < -0.3 is 24.8 Å². The van der Waals surface area contributed by atoms with Gasteiger partial charge in [0.05, 0.1) is 6.61 Å². The van der Waals surface area contributed by atoms with Crippen LogP contribution in [0.25, 0.3) is 0 Å². The first-order chi connectivity index (χ1) is 6.07. The second-order valence-electron chi connectivity index (χ2n) is 2.72. The Labute approximate surface area is 75.5 Å². The molecule has 0 fully saturated rings. The minimum Gasteiger partial charge on any atom is -0.505 e. The lowest BCUT2D eigenvalue weighted by Crippen LogP contribution is -2.31. The molecule has 5 nitrogen and oxygen atoms in total. The fourth-order valence-electron chi connectivity index (χ4n) is 1.06. The van der Waals surface area contributed by atoms with Gasteiger partial charge in [-0.3, -0.25) is 0 Å². The highest BCUT2D eigenvalue weighted by Gasteiger charge is 2.35. The second-order valence-corrected chi connectivity index (χ2v) is 2.72. The van der Waals surface area contributed by atoms with Gasteiger partial charge in [0.1, 0.15) is 6.10 Å². The minimum atomic E-state index is -1.02. The maximum absolute atomic E-state index is 9.36. The lowest BCUT2D eigenvalue weighted by molar-refractivity contribution is -0.0274. The summed E-state index contributed by atoms with van der Waals surface area (Å²) in [5.41, 5.74) is 0. The first-order valence-corrected chi connectivity index (χ1v) is 3.73. The van der Waals surface area contributed by atoms with Gasteiger partial charge in [-0.15, -0.1) is 0 Å². The van der Waals surface area contributed by atoms with Crippen LogP contribution in [-0.4, -0.2) is 41.2 Å². The molecule has 0 spiro atoms. The van der Waals surface area contributed by atoms with Gasteiger partial charge >= 0.3 is 0 Å². The Morgan fingerprint density at radius 3 is 2.62 bits per heavy atom. The van der Waals surface area contributed by atoms with Crippen molar-refractivity contribution < 1.29 is 24.8 Å². The predicted molar refractivity (Wildman–Crippen MR) is 44.2 cm³/mol. The van der Waals surface area contributed by atoms with Crippen LogP contribution < -0.4 is 0 Å². The number of methoxy groups -OCH3 is 1. The van der Waals surface area contributed by atoms with Gasteiger partial charge in [0.15, 0.2) is 23.4 Å². The number of aliphatic hydroxyl groups excluding tert-OH is 3. The van der Waals surface area contributed by atoms with E-state index in [4.69, 9.17) is 9.84 Å². The molecule has 2 atom stereocenters. The Hall–Kier alpha value is -1.20. The van der Waals surface area contributed by atoms with Crippen molar-refractivity contribution in [1.29, 1.82) is 0 Å². The fourth-order valence-corrected chi connectivity index (χ4v) is 1.06. The molecule has 0 saturated heterocycles. The zero-order valence-corrected chi connectivity index (χ0v) is 7.23. The van der Waals surface area contributed by atoms with E-state index in [2.05, 4.69) is 11.3 Å². The molecule has 1 rings (SSSR count). The van der Waals surface area contributed by atoms with Crippen molar-refractivity contribution in [2.24, 2.45) is 0 Å². The van der Waals surface area contributed by atoms with E-state index in [1.807, 2.05) is 0 Å². The standard InChI is InChI=1S/C8H12O5/c1-4-6(10)7(11)8(13-4)5(9)3-12-2/h5,8-11H,1,3H2,2H3/t5-,8+/m0/s1. The van der Waals surface area contributed by atoms with E-state index in [1.54, 1.807) is 0 Å². The maximum Gasteiger partial charge on any atom is 0.199 e. The molecule has 13 heavy (non-hydrogen) atoms. The molecule has 74 valence electrons. The molecule has 0 aromatic heterocycles. The SMILES string of the molecule is C=C1O[C@H]([C@@H](O)COC)C(O)=C1O. The van der Waals surface area contributed by atoms with Crippen molar-refractivity contribution in [1.82, 2.24) is 0 Å². The average molecular weight is 188 g/mol. The van der Waals surface area contributed by atoms with Crippen LogP contribution in [0.4, 0.5) is 0 Å². The molecule has 0 aromatic carbocycles. The van der Waals surface area contributed by atoms with Crippen LogP contribution in [0.15, 0.2) is 23.9 Å². The van der Waals surface area contributed by atoms with E-state index in [0.29, 0.717) is 0 Å². The Morgan fingerprint density at radius 2 is 2.23 bits per heavy atom. The van der Waals surface area contributed by atoms with Crippen molar-refractivity contribution in [3.8, 4) is 0 Å². The summed E-state index contributed by atoms with van der Waals surface area (Å²) in [7, 11) is 1.41. The van der Waals surface area contributed by atoms with Crippen LogP contribution in [0.3, 0.4) is 0 Å². The third-order valence-electron chi connectivity index (χ3n) is 1.73. The highest BCUT2D eigenvalue weighted by molar-refractivity contribution is 5.28. The Morgan fingerprint density at radius 1 is 1.62 bits per heavy atom. The molecule has 5 heteroatoms. The maximum atomic E-state index is 9.36. The highest BCUT2D eigenvalue weighted by atomic mass is 16.5. The van der Waals surface area contributed by atoms with Crippen LogP contribution in [0, 0.1) is 0 Å². The van der Waals surface area contributed by atoms with Crippen LogP contribution in [0.1, 0.15) is 0 Å². The molecule has 0 unspecified atom stereocenters. The average Bonchev–Trinajstić information content (AvgIpc) is 2.33. The van der Waals surface area contributed by atoms with Crippen molar-refractivity contribution in [2.75, 3.05) is 13.7 Å². The molecule has 3 N–H and O–H groups in total. The second kappa shape index (κ2) is 3.68. The Balaban J connectivity index is 2.70. The summed E-state index contributed by atoms with van der Waals surface area (Å²) in [6.45, 7) is 3.35. The first-order valence-electron chi connectivity index (χ1n) is 3.73. The van der Waals surface area contributed by atoms with Gasteiger partial charge in [-0.25, -0.2) is 0 Å². The molecule has 1 aliphatic rings. The van der Waals surface area contributed by atoms with Crippen molar-refractivity contribution in [3.63, 3.8) is 0 Å². The predicted octanol–water partition coefficient (Wildman–Crippen LogP) is 0.234. The van der Waals surface area contributed by atoms with E-state index >= 15 is 0 Å². The summed E-state index contributed by atoms with van der Waals surface area (Å²) in [5.74, 6) is -0.868. The lowest BCUT2D eigenvalue weighted by Gasteiger charge is -2.16. The Kier molecular flexibility index (Phi) is 2.79. The molecule has 0 aliphatic carbocycles. The monoisotopic (exact) mass is 188 g/mol. The third-order valence-corrected chi connectivity index (χ3v) is 1.73. The summed E-state index contributed by atoms with van der Waals surface area (Å²) in [6, 6.07) is 0. The van der Waals surface area contributed by atoms with Gasteiger partial charge in [-0.2, -0.15) is 0 Å². The van der Waals surface area contributed by atoms with Gasteiger partial charge in [0.2, 0.25) is 0 Å². The van der Waals surface area contributed by atoms with Gasteiger partial charge in [-0.1, -0.05) is 6.58 Å². The fraction of sp³-hybridized carbons (Fsp3) is 0.500. The number of rotatable bonds is 3. The Bertz CT molecular complexity index is 245. The van der Waals surface area contributed by atoms with Gasteiger partial charge in [0, 0.05) is 7.11 Å². The summed E-state index contributed by atoms with van der Waals surface area (Å²) in [5, 5.41) is 27.7. The van der Waals surface area contributed by atoms with Crippen LogP contribution in [-0.2, 0) is 9.47 Å². The number of ether oxygens (including phenoxy) is 2. The lowest BCUT2D eigenvalue weighted by atomic mass is 10.2. The summed E-state index contributed by atoms with van der Waals surface area (Å²) < 4.78 is 9.56. The zero-order chi connectivity index (χ0) is 10.0. The smallest absolute Gasteiger partial charge is 0.199 e. The van der Waals surface area contributed by atoms with E-state index in [1.165, 1.54) is 7.11 Å². The quantitative estimate of drug-likeness (QED) is 0.591. The molecular weight excluding hydrogens is 176 g/mol.